The van der Waals surface area contributed by atoms with Crippen LogP contribution >= 0.6 is 7.29 Å². The molecule has 0 heterocycles. The highest BCUT2D eigenvalue weighted by atomic mass is 31.2. The Hall–Kier alpha value is 0.190. The summed E-state index contributed by atoms with van der Waals surface area (Å²) in [6.45, 7) is 13.9. The van der Waals surface area contributed by atoms with Gasteiger partial charge in [0, 0.05) is 17.4 Å². The molecule has 12 heavy (non-hydrogen) atoms. The molecule has 0 spiro atoms. The molecule has 0 rings (SSSR count). The van der Waals surface area contributed by atoms with Crippen molar-refractivity contribution in [3.8, 4) is 0 Å². The largest absolute Gasteiger partial charge is 0.306 e. The molecule has 0 aromatic carbocycles. The van der Waals surface area contributed by atoms with E-state index in [1.54, 1.807) is 0 Å². The minimum absolute atomic E-state index is 0.0719. The molecule has 0 aliphatic carbocycles. The highest BCUT2D eigenvalue weighted by Gasteiger charge is 2.34. The van der Waals surface area contributed by atoms with Crippen molar-refractivity contribution in [1.29, 1.82) is 0 Å². The van der Waals surface area contributed by atoms with Crippen molar-refractivity contribution in [2.45, 2.75) is 52.2 Å². The summed E-state index contributed by atoms with van der Waals surface area (Å²) in [7, 11) is -2.25. The van der Waals surface area contributed by atoms with Crippen LogP contribution in [0, 0.1) is 0 Å². The maximum absolute atomic E-state index is 12.1. The van der Waals surface area contributed by atoms with E-state index in [0.717, 1.165) is 0 Å². The number of rotatable bonds is 1. The topological polar surface area (TPSA) is 29.1 Å². The van der Waals surface area contributed by atoms with Gasteiger partial charge in [0.1, 0.15) is 7.29 Å². The zero-order valence-corrected chi connectivity index (χ0v) is 10.2. The number of nitrogens with one attached hydrogen (secondary N) is 1. The van der Waals surface area contributed by atoms with Gasteiger partial charge >= 0.3 is 0 Å². The van der Waals surface area contributed by atoms with Crippen LogP contribution in [0.3, 0.4) is 0 Å². The quantitative estimate of drug-likeness (QED) is 0.645. The first kappa shape index (κ1) is 12.2. The third-order valence-electron chi connectivity index (χ3n) is 1.83. The Morgan fingerprint density at radius 3 is 1.42 bits per heavy atom. The summed E-state index contributed by atoms with van der Waals surface area (Å²) in [6.07, 6.45) is 0. The highest BCUT2D eigenvalue weighted by Crippen LogP contribution is 2.51. The van der Waals surface area contributed by atoms with Gasteiger partial charge in [0.05, 0.1) is 0 Å². The predicted octanol–water partition coefficient (Wildman–Crippen LogP) is 3.08. The first-order valence-corrected chi connectivity index (χ1v) is 6.48. The Bertz CT molecular complexity index is 198. The van der Waals surface area contributed by atoms with Gasteiger partial charge in [0.25, 0.3) is 0 Å². The van der Waals surface area contributed by atoms with E-state index in [1.165, 1.54) is 0 Å². The van der Waals surface area contributed by atoms with Crippen molar-refractivity contribution in [1.82, 2.24) is 5.09 Å². The summed E-state index contributed by atoms with van der Waals surface area (Å²) < 4.78 is 12.1. The lowest BCUT2D eigenvalue weighted by Gasteiger charge is -2.34. The van der Waals surface area contributed by atoms with E-state index in [-0.39, 0.29) is 10.7 Å². The molecular weight excluding hydrogens is 169 g/mol. The van der Waals surface area contributed by atoms with E-state index in [0.29, 0.717) is 0 Å². The Kier molecular flexibility index (Phi) is 3.21. The molecule has 1 N–H and O–H groups in total. The van der Waals surface area contributed by atoms with Gasteiger partial charge in [-0.2, -0.15) is 0 Å². The van der Waals surface area contributed by atoms with Crippen LogP contribution in [-0.4, -0.2) is 17.4 Å². The second kappa shape index (κ2) is 3.16. The second-order valence-electron chi connectivity index (χ2n) is 5.46. The third kappa shape index (κ3) is 3.73. The molecule has 0 amide bonds. The Labute approximate surface area is 76.6 Å². The summed E-state index contributed by atoms with van der Waals surface area (Å²) in [5.74, 6) is 0. The first-order chi connectivity index (χ1) is 4.96. The summed E-state index contributed by atoms with van der Waals surface area (Å²) in [5.41, 5.74) is -0.0719. The van der Waals surface area contributed by atoms with Crippen LogP contribution in [0.4, 0.5) is 0 Å². The Balaban J connectivity index is 4.57. The van der Waals surface area contributed by atoms with Crippen molar-refractivity contribution in [3.63, 3.8) is 0 Å². The molecule has 0 aromatic rings. The average Bonchev–Trinajstić information content (AvgIpc) is 1.52. The van der Waals surface area contributed by atoms with E-state index < -0.39 is 7.29 Å². The van der Waals surface area contributed by atoms with Crippen molar-refractivity contribution >= 4 is 7.29 Å². The van der Waals surface area contributed by atoms with E-state index in [2.05, 4.69) is 5.09 Å². The fourth-order valence-electron chi connectivity index (χ4n) is 0.808. The SMILES string of the molecule is CC(C)(C)N[P@@](C)(=O)C(C)(C)C. The first-order valence-electron chi connectivity index (χ1n) is 4.33. The molecule has 0 aliphatic rings. The number of hydrogen-bond acceptors (Lipinski definition) is 1. The van der Waals surface area contributed by atoms with Crippen molar-refractivity contribution in [2.24, 2.45) is 0 Å². The van der Waals surface area contributed by atoms with Gasteiger partial charge in [0.15, 0.2) is 0 Å². The maximum atomic E-state index is 12.1. The van der Waals surface area contributed by atoms with Crippen LogP contribution in [0.2, 0.25) is 0 Å². The zero-order chi connectivity index (χ0) is 10.2. The minimum Gasteiger partial charge on any atom is -0.306 e. The molecule has 0 saturated carbocycles. The van der Waals surface area contributed by atoms with Gasteiger partial charge in [-0.1, -0.05) is 20.8 Å². The Morgan fingerprint density at radius 1 is 1.00 bits per heavy atom. The highest BCUT2D eigenvalue weighted by molar-refractivity contribution is 7.62. The maximum Gasteiger partial charge on any atom is 0.150 e. The van der Waals surface area contributed by atoms with Gasteiger partial charge in [-0.25, -0.2) is 0 Å². The fraction of sp³-hybridized carbons (Fsp3) is 1.00. The van der Waals surface area contributed by atoms with Gasteiger partial charge in [-0.15, -0.1) is 0 Å². The van der Waals surface area contributed by atoms with Crippen molar-refractivity contribution < 1.29 is 4.57 Å². The molecule has 0 aliphatic heterocycles. The average molecular weight is 191 g/mol. The van der Waals surface area contributed by atoms with Gasteiger partial charge in [-0.05, 0) is 20.8 Å². The molecule has 0 saturated heterocycles. The summed E-state index contributed by atoms with van der Waals surface area (Å²) in [5, 5.41) is 3.04. The fourth-order valence-corrected chi connectivity index (χ4v) is 2.42. The molecule has 0 unspecified atom stereocenters. The van der Waals surface area contributed by atoms with Gasteiger partial charge in [0.2, 0.25) is 0 Å². The number of hydrogen-bond donors (Lipinski definition) is 1. The van der Waals surface area contributed by atoms with E-state index >= 15 is 0 Å². The molecule has 0 fully saturated rings. The molecule has 0 aromatic heterocycles. The monoisotopic (exact) mass is 191 g/mol. The third-order valence-corrected chi connectivity index (χ3v) is 5.49. The van der Waals surface area contributed by atoms with Crippen molar-refractivity contribution in [3.05, 3.63) is 0 Å². The molecular formula is C9H22NOP. The molecule has 3 heteroatoms. The van der Waals surface area contributed by atoms with E-state index in [1.807, 2.05) is 48.2 Å². The van der Waals surface area contributed by atoms with Crippen LogP contribution in [-0.2, 0) is 4.57 Å². The van der Waals surface area contributed by atoms with E-state index in [9.17, 15) is 4.57 Å². The van der Waals surface area contributed by atoms with Crippen LogP contribution in [0.15, 0.2) is 0 Å². The summed E-state index contributed by atoms with van der Waals surface area (Å²) in [6, 6.07) is 0. The van der Waals surface area contributed by atoms with E-state index in [4.69, 9.17) is 0 Å². The van der Waals surface area contributed by atoms with Crippen LogP contribution in [0.1, 0.15) is 41.5 Å². The van der Waals surface area contributed by atoms with Gasteiger partial charge in [-0.3, -0.25) is 5.09 Å². The summed E-state index contributed by atoms with van der Waals surface area (Å²) in [4.78, 5) is 0. The Morgan fingerprint density at radius 2 is 1.33 bits per heavy atom. The zero-order valence-electron chi connectivity index (χ0n) is 9.36. The predicted molar refractivity (Wildman–Crippen MR) is 56.2 cm³/mol. The lowest BCUT2D eigenvalue weighted by molar-refractivity contribution is 0.474. The normalized spacial score (nSPS) is 18.9. The van der Waals surface area contributed by atoms with Crippen LogP contribution < -0.4 is 5.09 Å². The minimum atomic E-state index is -2.25. The molecule has 74 valence electrons. The smallest absolute Gasteiger partial charge is 0.150 e. The molecule has 0 bridgehead atoms. The second-order valence-corrected chi connectivity index (χ2v) is 8.87. The molecule has 0 radical (unpaired) electrons. The lowest BCUT2D eigenvalue weighted by atomic mass is 10.1. The standard InChI is InChI=1S/C9H22NOP/c1-8(2,3)10-12(7,11)9(4,5)6/h1-7H3,(H,10,11)/t12-/m0/s1. The molecule has 2 nitrogen and oxygen atoms in total. The van der Waals surface area contributed by atoms with Gasteiger partial charge < -0.3 is 4.57 Å². The lowest BCUT2D eigenvalue weighted by Crippen LogP contribution is -2.38. The summed E-state index contributed by atoms with van der Waals surface area (Å²) >= 11 is 0. The van der Waals surface area contributed by atoms with Crippen LogP contribution in [0.5, 0.6) is 0 Å². The van der Waals surface area contributed by atoms with Crippen molar-refractivity contribution in [2.75, 3.05) is 6.66 Å². The molecule has 1 atom stereocenters. The van der Waals surface area contributed by atoms with Crippen LogP contribution in [0.25, 0.3) is 0 Å².